The first-order chi connectivity index (χ1) is 32.7. The van der Waals surface area contributed by atoms with Gasteiger partial charge in [0.15, 0.2) is 11.8 Å². The van der Waals surface area contributed by atoms with Crippen LogP contribution in [-0.4, -0.2) is 137 Å². The molecule has 0 unspecified atom stereocenters. The van der Waals surface area contributed by atoms with E-state index in [0.29, 0.717) is 55.0 Å². The Hall–Kier alpha value is -4.46. The molecule has 2 amide bonds. The number of aromatic nitrogens is 1. The molecule has 4 aliphatic heterocycles. The normalized spacial score (nSPS) is 27.6. The molecule has 0 saturated carbocycles. The van der Waals surface area contributed by atoms with Gasteiger partial charge in [0.25, 0.3) is 0 Å². The number of hydrogen-bond acceptors (Lipinski definition) is 11. The Labute approximate surface area is 406 Å². The fourth-order valence-corrected chi connectivity index (χ4v) is 9.33. The van der Waals surface area contributed by atoms with E-state index in [1.54, 1.807) is 43.4 Å². The van der Waals surface area contributed by atoms with Gasteiger partial charge in [0.1, 0.15) is 17.4 Å². The molecule has 0 bridgehead atoms. The van der Waals surface area contributed by atoms with Crippen molar-refractivity contribution in [2.24, 2.45) is 17.8 Å². The van der Waals surface area contributed by atoms with Crippen molar-refractivity contribution in [1.29, 1.82) is 0 Å². The Morgan fingerprint density at radius 3 is 2.51 bits per heavy atom. The van der Waals surface area contributed by atoms with E-state index in [1.807, 2.05) is 46.8 Å². The molecule has 1 saturated heterocycles. The lowest BCUT2D eigenvalue weighted by Gasteiger charge is -2.32. The fraction of sp³-hybridized carbons (Fsp3) is 0.647. The van der Waals surface area contributed by atoms with Gasteiger partial charge in [-0.25, -0.2) is 4.79 Å². The Morgan fingerprint density at radius 1 is 1.09 bits per heavy atom. The first-order valence-electron chi connectivity index (χ1n) is 24.8. The molecular formula is C51H77BF2N4O11. The number of nitrogens with zero attached hydrogens (tertiary/aromatic N) is 2. The molecule has 10 atom stereocenters. The maximum Gasteiger partial charge on any atom is 0.737 e. The molecular weight excluding hydrogens is 893 g/mol. The number of carbonyl (C=O) groups is 3. The number of aliphatic hydroxyl groups is 3. The van der Waals surface area contributed by atoms with Crippen molar-refractivity contribution < 1.29 is 66.5 Å². The molecule has 5 rings (SSSR count). The summed E-state index contributed by atoms with van der Waals surface area (Å²) in [6.07, 6.45) is 13.9. The maximum absolute atomic E-state index is 15.6. The molecule has 0 spiro atoms. The van der Waals surface area contributed by atoms with Crippen LogP contribution >= 0.6 is 0 Å². The highest BCUT2D eigenvalue weighted by molar-refractivity contribution is 6.58. The van der Waals surface area contributed by atoms with Gasteiger partial charge in [0.05, 0.1) is 57.3 Å². The highest BCUT2D eigenvalue weighted by atomic mass is 19.2. The van der Waals surface area contributed by atoms with Gasteiger partial charge in [-0.15, -0.1) is 0 Å². The number of amides is 2. The average molecular weight is 971 g/mol. The van der Waals surface area contributed by atoms with Crippen molar-refractivity contribution in [3.8, 4) is 0 Å². The second kappa shape index (κ2) is 25.6. The molecule has 1 aromatic heterocycles. The number of aryl methyl sites for hydroxylation is 2. The average Bonchev–Trinajstić information content (AvgIpc) is 3.81. The van der Waals surface area contributed by atoms with E-state index in [9.17, 15) is 29.7 Å². The lowest BCUT2D eigenvalue weighted by atomic mass is 9.88. The molecule has 5 N–H and O–H groups in total. The third kappa shape index (κ3) is 15.8. The van der Waals surface area contributed by atoms with Crippen molar-refractivity contribution >= 4 is 36.7 Å². The van der Waals surface area contributed by atoms with Gasteiger partial charge in [-0.1, -0.05) is 52.0 Å². The van der Waals surface area contributed by atoms with Crippen LogP contribution in [0, 0.1) is 31.6 Å². The molecule has 0 aliphatic carbocycles. The fourth-order valence-electron chi connectivity index (χ4n) is 9.33. The highest BCUT2D eigenvalue weighted by Crippen LogP contribution is 2.37. The number of carbonyl (C=O) groups excluding carboxylic acids is 3. The number of aliphatic hydroxyl groups excluding tert-OH is 2. The highest BCUT2D eigenvalue weighted by Gasteiger charge is 2.52. The van der Waals surface area contributed by atoms with Crippen molar-refractivity contribution in [3.63, 3.8) is 0 Å². The molecule has 4 aliphatic rings. The van der Waals surface area contributed by atoms with Crippen molar-refractivity contribution in [2.75, 3.05) is 39.5 Å². The van der Waals surface area contributed by atoms with Crippen molar-refractivity contribution in [3.05, 3.63) is 76.8 Å². The van der Waals surface area contributed by atoms with E-state index < -0.39 is 42.9 Å². The second-order valence-electron chi connectivity index (χ2n) is 19.5. The maximum atomic E-state index is 15.6. The van der Waals surface area contributed by atoms with Crippen molar-refractivity contribution in [1.82, 2.24) is 15.1 Å². The number of esters is 1. The third-order valence-corrected chi connectivity index (χ3v) is 13.5. The Morgan fingerprint density at radius 2 is 1.80 bits per heavy atom. The van der Waals surface area contributed by atoms with E-state index in [-0.39, 0.29) is 101 Å². The first-order valence-corrected chi connectivity index (χ1v) is 24.8. The molecule has 15 nitrogen and oxygen atoms in total. The molecule has 5 heterocycles. The predicted octanol–water partition coefficient (Wildman–Crippen LogP) is 6.61. The summed E-state index contributed by atoms with van der Waals surface area (Å²) in [5.74, 6) is -0.801. The third-order valence-electron chi connectivity index (χ3n) is 13.5. The van der Waals surface area contributed by atoms with Gasteiger partial charge < -0.3 is 67.2 Å². The second-order valence-corrected chi connectivity index (χ2v) is 19.5. The van der Waals surface area contributed by atoms with E-state index >= 15 is 8.63 Å². The SMILES string of the molecule is CC[C@H](O)[C@@H](C)[C@H]1O[C@@H]1C[C@H](C)/C=C/C=C(\C)[C@H]1OC(=O)C[C@H](O)CC[C@@](C)(O)[C@@H](OC(=O)NCCOCCOCCNC(=O)CCCCC2=[N+]3C(=Cc4c(C)cc(C)n4[B-]3(F)F)C=C2)/C=C/[C@@H]1C. The molecule has 0 radical (unpaired) electrons. The van der Waals surface area contributed by atoms with E-state index in [1.165, 1.54) is 6.92 Å². The summed E-state index contributed by atoms with van der Waals surface area (Å²) in [5, 5.41) is 37.7. The molecule has 69 heavy (non-hydrogen) atoms. The van der Waals surface area contributed by atoms with Gasteiger partial charge in [-0.2, -0.15) is 0 Å². The minimum absolute atomic E-state index is 0.0404. The predicted molar refractivity (Wildman–Crippen MR) is 261 cm³/mol. The lowest BCUT2D eigenvalue weighted by Crippen LogP contribution is -2.50. The topological polar surface area (TPSA) is 193 Å². The number of unbranched alkanes of at least 4 members (excludes halogenated alkanes) is 1. The number of fused-ring (bicyclic) bond motifs is 2. The van der Waals surface area contributed by atoms with Crippen molar-refractivity contribution in [2.45, 2.75) is 155 Å². The standard InChI is InChI=1S/C51H77BF2N4O11/c1-9-43(60)38(7)49-44(67-49)29-33(2)13-12-14-34(3)48-35(4)17-20-45(51(8,64)22-21-41(59)32-47(62)69-48)68-50(63)56-24-26-66-28-27-65-25-23-55-46(61)16-11-10-15-39-18-19-40-31-42-36(5)30-37(6)57(42)52(53,54)58(39)40/h12-14,17-20,30-31,33,35,38,41,43-45,48-49,59-60,64H,9-11,15-16,21-29,32H2,1-8H3,(H,55,61)(H,56,63)/b13-12+,20-17+,34-14+/t33-,35+,38-,41-,43+,44-,45+,48-,49-,51-/m1/s1. The number of rotatable bonds is 23. The number of cyclic esters (lactones) is 1. The number of alkyl carbamates (subject to hydrolysis) is 1. The molecule has 1 aromatic rings. The monoisotopic (exact) mass is 971 g/mol. The van der Waals surface area contributed by atoms with Crippen LogP contribution in [0.4, 0.5) is 13.4 Å². The minimum Gasteiger partial charge on any atom is -0.457 e. The van der Waals surface area contributed by atoms with E-state index in [2.05, 4.69) is 23.6 Å². The summed E-state index contributed by atoms with van der Waals surface area (Å²) in [5.41, 5.74) is 2.13. The molecule has 1 fully saturated rings. The number of nitrogens with one attached hydrogen (secondary N) is 2. The number of halogens is 2. The smallest absolute Gasteiger partial charge is 0.457 e. The summed E-state index contributed by atoms with van der Waals surface area (Å²) >= 11 is 0. The number of hydrogen-bond donors (Lipinski definition) is 5. The molecule has 384 valence electrons. The summed E-state index contributed by atoms with van der Waals surface area (Å²) in [4.78, 5) is 38.2. The molecule has 18 heteroatoms. The summed E-state index contributed by atoms with van der Waals surface area (Å²) in [6.45, 7) is 12.2. The minimum atomic E-state index is -4.00. The van der Waals surface area contributed by atoms with Gasteiger partial charge in [0.2, 0.25) is 5.91 Å². The largest absolute Gasteiger partial charge is 0.737 e. The summed E-state index contributed by atoms with van der Waals surface area (Å²) < 4.78 is 62.1. The van der Waals surface area contributed by atoms with E-state index in [4.69, 9.17) is 23.7 Å². The summed E-state index contributed by atoms with van der Waals surface area (Å²) in [6, 6.07) is 1.78. The number of allylic oxidation sites excluding steroid dienone is 5. The first kappa shape index (κ1) is 55.5. The van der Waals surface area contributed by atoms with Gasteiger partial charge in [-0.05, 0) is 101 Å². The van der Waals surface area contributed by atoms with Crippen LogP contribution in [-0.2, 0) is 33.3 Å². The zero-order valence-corrected chi connectivity index (χ0v) is 41.8. The quantitative estimate of drug-likeness (QED) is 0.0198. The zero-order chi connectivity index (χ0) is 50.5. The van der Waals surface area contributed by atoms with Gasteiger partial charge >= 0.3 is 19.0 Å². The Kier molecular flexibility index (Phi) is 20.6. The van der Waals surface area contributed by atoms with Gasteiger partial charge in [0, 0.05) is 61.7 Å². The Balaban J connectivity index is 0.971. The van der Waals surface area contributed by atoms with Crippen LogP contribution < -0.4 is 10.6 Å². The lowest BCUT2D eigenvalue weighted by molar-refractivity contribution is -0.362. The van der Waals surface area contributed by atoms with Crippen LogP contribution in [0.15, 0.2) is 59.9 Å². The summed E-state index contributed by atoms with van der Waals surface area (Å²) in [7, 11) is 0. The number of ether oxygens (including phenoxy) is 5. The van der Waals surface area contributed by atoms with Crippen LogP contribution in [0.3, 0.4) is 0 Å². The Bertz CT molecular complexity index is 2120. The number of epoxide rings is 1. The zero-order valence-electron chi connectivity index (χ0n) is 41.8. The van der Waals surface area contributed by atoms with Crippen LogP contribution in [0.1, 0.15) is 116 Å². The van der Waals surface area contributed by atoms with Crippen LogP contribution in [0.25, 0.3) is 6.08 Å². The van der Waals surface area contributed by atoms with Crippen LogP contribution in [0.5, 0.6) is 0 Å². The van der Waals surface area contributed by atoms with E-state index in [0.717, 1.165) is 26.5 Å². The van der Waals surface area contributed by atoms with Gasteiger partial charge in [-0.3, -0.25) is 9.59 Å². The van der Waals surface area contributed by atoms with Crippen LogP contribution in [0.2, 0.25) is 0 Å². The molecule has 0 aromatic carbocycles.